The third kappa shape index (κ3) is 5.12. The Kier molecular flexibility index (Phi) is 6.14. The van der Waals surface area contributed by atoms with E-state index in [1.807, 2.05) is 0 Å². The van der Waals surface area contributed by atoms with Gasteiger partial charge >= 0.3 is 0 Å². The van der Waals surface area contributed by atoms with E-state index in [2.05, 4.69) is 10.6 Å². The Morgan fingerprint density at radius 1 is 1.13 bits per heavy atom. The number of nitrogens with one attached hydrogen (secondary N) is 2. The highest BCUT2D eigenvalue weighted by Gasteiger charge is 2.14. The van der Waals surface area contributed by atoms with Gasteiger partial charge < -0.3 is 20.2 Å². The molecule has 0 fully saturated rings. The zero-order chi connectivity index (χ0) is 16.5. The van der Waals surface area contributed by atoms with Crippen molar-refractivity contribution in [3.05, 3.63) is 65.7 Å². The lowest BCUT2D eigenvalue weighted by atomic mass is 10.2. The molecule has 120 valence electrons. The highest BCUT2D eigenvalue weighted by Crippen LogP contribution is 2.07. The zero-order valence-electron chi connectivity index (χ0n) is 12.5. The smallest absolute Gasteiger partial charge is 0.267 e. The van der Waals surface area contributed by atoms with Crippen LogP contribution in [-0.4, -0.2) is 30.1 Å². The first-order valence-corrected chi connectivity index (χ1v) is 7.21. The molecular formula is C17H18N2O4. The van der Waals surface area contributed by atoms with Crippen LogP contribution in [0.1, 0.15) is 22.5 Å². The van der Waals surface area contributed by atoms with Crippen molar-refractivity contribution in [1.82, 2.24) is 10.6 Å². The number of furan rings is 1. The van der Waals surface area contributed by atoms with Gasteiger partial charge in [-0.3, -0.25) is 9.59 Å². The molecule has 3 N–H and O–H groups in total. The fourth-order valence-corrected chi connectivity index (χ4v) is 1.83. The Morgan fingerprint density at radius 3 is 2.57 bits per heavy atom. The van der Waals surface area contributed by atoms with Crippen molar-refractivity contribution in [3.63, 3.8) is 0 Å². The van der Waals surface area contributed by atoms with Crippen molar-refractivity contribution >= 4 is 17.9 Å². The SMILES string of the molecule is O=C(NCCCO)/C(=C\c1ccco1)NC(=O)c1ccccc1. The molecule has 0 unspecified atom stereocenters. The second-order valence-electron chi connectivity index (χ2n) is 4.73. The summed E-state index contributed by atoms with van der Waals surface area (Å²) in [5, 5.41) is 14.0. The summed E-state index contributed by atoms with van der Waals surface area (Å²) in [4.78, 5) is 24.4. The molecule has 0 spiro atoms. The Balaban J connectivity index is 2.13. The maximum Gasteiger partial charge on any atom is 0.267 e. The van der Waals surface area contributed by atoms with Gasteiger partial charge in [-0.1, -0.05) is 18.2 Å². The van der Waals surface area contributed by atoms with Crippen molar-refractivity contribution < 1.29 is 19.1 Å². The third-order valence-electron chi connectivity index (χ3n) is 2.98. The first kappa shape index (κ1) is 16.5. The molecule has 2 rings (SSSR count). The van der Waals surface area contributed by atoms with Gasteiger partial charge in [0.05, 0.1) is 6.26 Å². The highest BCUT2D eigenvalue weighted by atomic mass is 16.3. The lowest BCUT2D eigenvalue weighted by Gasteiger charge is -2.10. The van der Waals surface area contributed by atoms with Crippen molar-refractivity contribution in [1.29, 1.82) is 0 Å². The van der Waals surface area contributed by atoms with Crippen LogP contribution in [0.15, 0.2) is 58.8 Å². The minimum atomic E-state index is -0.445. The number of hydrogen-bond donors (Lipinski definition) is 3. The van der Waals surface area contributed by atoms with Gasteiger partial charge in [-0.25, -0.2) is 0 Å². The summed E-state index contributed by atoms with van der Waals surface area (Å²) in [5.41, 5.74) is 0.521. The fraction of sp³-hybridized carbons (Fsp3) is 0.176. The summed E-state index contributed by atoms with van der Waals surface area (Å²) in [5.74, 6) is -0.384. The number of amides is 2. The van der Waals surface area contributed by atoms with Crippen LogP contribution in [0.3, 0.4) is 0 Å². The van der Waals surface area contributed by atoms with Gasteiger partial charge in [-0.05, 0) is 30.7 Å². The Bertz CT molecular complexity index is 663. The summed E-state index contributed by atoms with van der Waals surface area (Å²) < 4.78 is 5.18. The predicted molar refractivity (Wildman–Crippen MR) is 85.3 cm³/mol. The number of aliphatic hydroxyl groups is 1. The van der Waals surface area contributed by atoms with E-state index in [0.717, 1.165) is 0 Å². The molecule has 23 heavy (non-hydrogen) atoms. The summed E-state index contributed by atoms with van der Waals surface area (Å²) in [6.45, 7) is 0.292. The number of carbonyl (C=O) groups is 2. The van der Waals surface area contributed by atoms with Crippen LogP contribution in [0.5, 0.6) is 0 Å². The van der Waals surface area contributed by atoms with Gasteiger partial charge in [0.15, 0.2) is 0 Å². The Labute approximate surface area is 133 Å². The molecule has 0 saturated heterocycles. The van der Waals surface area contributed by atoms with Crippen molar-refractivity contribution in [2.24, 2.45) is 0 Å². The first-order valence-electron chi connectivity index (χ1n) is 7.21. The quantitative estimate of drug-likeness (QED) is 0.534. The second-order valence-corrected chi connectivity index (χ2v) is 4.73. The Morgan fingerprint density at radius 2 is 1.91 bits per heavy atom. The highest BCUT2D eigenvalue weighted by molar-refractivity contribution is 6.05. The largest absolute Gasteiger partial charge is 0.465 e. The molecule has 0 aliphatic heterocycles. The molecule has 2 amide bonds. The molecule has 0 bridgehead atoms. The van der Waals surface area contributed by atoms with Crippen LogP contribution in [0.25, 0.3) is 6.08 Å². The molecule has 0 saturated carbocycles. The topological polar surface area (TPSA) is 91.6 Å². The van der Waals surface area contributed by atoms with Crippen molar-refractivity contribution in [2.45, 2.75) is 6.42 Å². The number of carbonyl (C=O) groups excluding carboxylic acids is 2. The van der Waals surface area contributed by atoms with Crippen LogP contribution in [0.2, 0.25) is 0 Å². The summed E-state index contributed by atoms with van der Waals surface area (Å²) in [6.07, 6.45) is 3.37. The van der Waals surface area contributed by atoms with Crippen LogP contribution < -0.4 is 10.6 Å². The van der Waals surface area contributed by atoms with E-state index in [0.29, 0.717) is 24.3 Å². The average Bonchev–Trinajstić information content (AvgIpc) is 3.08. The summed E-state index contributed by atoms with van der Waals surface area (Å²) >= 11 is 0. The number of benzene rings is 1. The maximum absolute atomic E-state index is 12.2. The normalized spacial score (nSPS) is 11.1. The molecule has 1 aromatic carbocycles. The van der Waals surface area contributed by atoms with Gasteiger partial charge in [0.2, 0.25) is 0 Å². The summed E-state index contributed by atoms with van der Waals surface area (Å²) in [7, 11) is 0. The number of rotatable bonds is 7. The molecule has 0 aliphatic carbocycles. The van der Waals surface area contributed by atoms with Crippen LogP contribution in [0, 0.1) is 0 Å². The van der Waals surface area contributed by atoms with Gasteiger partial charge in [0, 0.05) is 24.8 Å². The standard InChI is InChI=1S/C17H18N2O4/c20-10-5-9-18-17(22)15(12-14-8-4-11-23-14)19-16(21)13-6-2-1-3-7-13/h1-4,6-8,11-12,20H,5,9-10H2,(H,18,22)(H,19,21)/b15-12+. The first-order chi connectivity index (χ1) is 11.2. The van der Waals surface area contributed by atoms with Gasteiger partial charge in [0.25, 0.3) is 11.8 Å². The monoisotopic (exact) mass is 314 g/mol. The molecule has 6 nitrogen and oxygen atoms in total. The average molecular weight is 314 g/mol. The molecule has 6 heteroatoms. The fourth-order valence-electron chi connectivity index (χ4n) is 1.83. The minimum absolute atomic E-state index is 0.0200. The second kappa shape index (κ2) is 8.55. The van der Waals surface area contributed by atoms with Gasteiger partial charge in [0.1, 0.15) is 11.5 Å². The maximum atomic E-state index is 12.2. The van der Waals surface area contributed by atoms with Crippen LogP contribution >= 0.6 is 0 Å². The van der Waals surface area contributed by atoms with Crippen molar-refractivity contribution in [2.75, 3.05) is 13.2 Å². The van der Waals surface area contributed by atoms with E-state index in [1.54, 1.807) is 42.5 Å². The number of hydrogen-bond acceptors (Lipinski definition) is 4. The van der Waals surface area contributed by atoms with Gasteiger partial charge in [-0.2, -0.15) is 0 Å². The van der Waals surface area contributed by atoms with Crippen LogP contribution in [-0.2, 0) is 4.79 Å². The Hall–Kier alpha value is -2.86. The minimum Gasteiger partial charge on any atom is -0.465 e. The lowest BCUT2D eigenvalue weighted by Crippen LogP contribution is -2.35. The van der Waals surface area contributed by atoms with E-state index < -0.39 is 5.91 Å². The molecule has 1 heterocycles. The third-order valence-corrected chi connectivity index (χ3v) is 2.98. The van der Waals surface area contributed by atoms with Gasteiger partial charge in [-0.15, -0.1) is 0 Å². The van der Waals surface area contributed by atoms with E-state index in [-0.39, 0.29) is 18.2 Å². The summed E-state index contributed by atoms with van der Waals surface area (Å²) in [6, 6.07) is 12.0. The lowest BCUT2D eigenvalue weighted by molar-refractivity contribution is -0.117. The molecule has 0 atom stereocenters. The van der Waals surface area contributed by atoms with E-state index in [9.17, 15) is 9.59 Å². The van der Waals surface area contributed by atoms with E-state index in [1.165, 1.54) is 12.3 Å². The molecule has 2 aromatic rings. The number of aliphatic hydroxyl groups excluding tert-OH is 1. The van der Waals surface area contributed by atoms with E-state index >= 15 is 0 Å². The zero-order valence-corrected chi connectivity index (χ0v) is 12.5. The molecule has 0 radical (unpaired) electrons. The molecular weight excluding hydrogens is 296 g/mol. The van der Waals surface area contributed by atoms with Crippen molar-refractivity contribution in [3.8, 4) is 0 Å². The van der Waals surface area contributed by atoms with E-state index in [4.69, 9.17) is 9.52 Å². The predicted octanol–water partition coefficient (Wildman–Crippen LogP) is 1.55. The molecule has 1 aromatic heterocycles. The van der Waals surface area contributed by atoms with Crippen LogP contribution in [0.4, 0.5) is 0 Å². The molecule has 0 aliphatic rings.